The summed E-state index contributed by atoms with van der Waals surface area (Å²) >= 11 is 1.81. The highest BCUT2D eigenvalue weighted by Gasteiger charge is 2.33. The molecule has 0 amide bonds. The summed E-state index contributed by atoms with van der Waals surface area (Å²) in [5.74, 6) is -0.488. The van der Waals surface area contributed by atoms with Gasteiger partial charge in [0.1, 0.15) is 5.00 Å². The van der Waals surface area contributed by atoms with Crippen molar-refractivity contribution in [2.45, 2.75) is 45.4 Å². The first-order valence-electron chi connectivity index (χ1n) is 7.73. The average molecular weight is 331 g/mol. The fourth-order valence-electron chi connectivity index (χ4n) is 3.45. The molecule has 0 atom stereocenters. The second-order valence-corrected chi connectivity index (χ2v) is 7.79. The van der Waals surface area contributed by atoms with E-state index in [0.717, 1.165) is 11.4 Å². The fourth-order valence-corrected chi connectivity index (χ4v) is 4.94. The van der Waals surface area contributed by atoms with E-state index in [1.165, 1.54) is 41.2 Å². The highest BCUT2D eigenvalue weighted by atomic mass is 32.1. The number of aryl methyl sites for hydroxylation is 1. The number of carbonyl (C=O) groups is 1. The van der Waals surface area contributed by atoms with E-state index in [-0.39, 0.29) is 11.0 Å². The van der Waals surface area contributed by atoms with Crippen molar-refractivity contribution in [3.8, 4) is 0 Å². The average Bonchev–Trinajstić information content (AvgIpc) is 2.84. The maximum Gasteiger partial charge on any atom is 0.338 e. The van der Waals surface area contributed by atoms with Gasteiger partial charge in [0.25, 0.3) is 0 Å². The van der Waals surface area contributed by atoms with Crippen LogP contribution in [0.4, 0.5) is 10.9 Å². The van der Waals surface area contributed by atoms with Crippen LogP contribution in [0.25, 0.3) is 0 Å². The molecule has 0 saturated carbocycles. The van der Waals surface area contributed by atoms with Crippen LogP contribution in [0, 0.1) is 6.92 Å². The number of anilines is 2. The maximum atomic E-state index is 10.9. The first-order valence-corrected chi connectivity index (χ1v) is 8.54. The first kappa shape index (κ1) is 15.9. The quantitative estimate of drug-likeness (QED) is 0.923. The summed E-state index contributed by atoms with van der Waals surface area (Å²) in [6, 6.07) is 0. The van der Waals surface area contributed by atoms with Gasteiger partial charge in [-0.2, -0.15) is 0 Å². The number of hydrogen-bond donors (Lipinski definition) is 1. The van der Waals surface area contributed by atoms with Gasteiger partial charge in [0, 0.05) is 24.3 Å². The van der Waals surface area contributed by atoms with Crippen LogP contribution in [-0.2, 0) is 11.8 Å². The highest BCUT2D eigenvalue weighted by molar-refractivity contribution is 7.16. The lowest BCUT2D eigenvalue weighted by atomic mass is 9.74. The second kappa shape index (κ2) is 5.60. The molecule has 0 spiro atoms. The molecule has 0 radical (unpaired) electrons. The lowest BCUT2D eigenvalue weighted by Crippen LogP contribution is -2.23. The zero-order chi connectivity index (χ0) is 16.8. The van der Waals surface area contributed by atoms with E-state index in [1.807, 2.05) is 23.3 Å². The van der Waals surface area contributed by atoms with E-state index in [2.05, 4.69) is 30.7 Å². The number of nitrogens with zero attached hydrogens (tertiary/aromatic N) is 3. The van der Waals surface area contributed by atoms with Crippen LogP contribution in [0.3, 0.4) is 0 Å². The van der Waals surface area contributed by atoms with Crippen LogP contribution in [-0.4, -0.2) is 28.1 Å². The number of aromatic nitrogens is 2. The fraction of sp³-hybridized carbons (Fsp3) is 0.471. The standard InChI is InChI=1S/C17H21N3O2S/c1-10-13-12(6-5-7-17(13,2)3)23-14(10)20(4)16-18-8-11(9-19-16)15(21)22/h8-9H,5-7H2,1-4H3,(H,21,22). The van der Waals surface area contributed by atoms with Crippen molar-refractivity contribution in [3.63, 3.8) is 0 Å². The molecule has 1 aliphatic rings. The van der Waals surface area contributed by atoms with Gasteiger partial charge >= 0.3 is 5.97 Å². The van der Waals surface area contributed by atoms with Gasteiger partial charge in [-0.1, -0.05) is 13.8 Å². The molecule has 23 heavy (non-hydrogen) atoms. The summed E-state index contributed by atoms with van der Waals surface area (Å²) < 4.78 is 0. The Labute approximate surface area is 140 Å². The molecule has 0 aliphatic heterocycles. The van der Waals surface area contributed by atoms with E-state index in [4.69, 9.17) is 5.11 Å². The topological polar surface area (TPSA) is 66.3 Å². The molecular weight excluding hydrogens is 310 g/mol. The molecule has 0 aromatic carbocycles. The summed E-state index contributed by atoms with van der Waals surface area (Å²) in [6.07, 6.45) is 6.29. The zero-order valence-corrected chi connectivity index (χ0v) is 14.7. The number of thiophene rings is 1. The van der Waals surface area contributed by atoms with Gasteiger partial charge in [-0.3, -0.25) is 0 Å². The van der Waals surface area contributed by atoms with Crippen molar-refractivity contribution in [2.75, 3.05) is 11.9 Å². The van der Waals surface area contributed by atoms with Gasteiger partial charge in [0.15, 0.2) is 0 Å². The molecule has 2 heterocycles. The number of carboxylic acid groups (broad SMARTS) is 1. The predicted molar refractivity (Wildman–Crippen MR) is 92.1 cm³/mol. The molecule has 2 aromatic rings. The van der Waals surface area contributed by atoms with Gasteiger partial charge in [-0.25, -0.2) is 14.8 Å². The third-order valence-electron chi connectivity index (χ3n) is 4.57. The predicted octanol–water partition coefficient (Wildman–Crippen LogP) is 3.93. The summed E-state index contributed by atoms with van der Waals surface area (Å²) in [4.78, 5) is 22.7. The first-order chi connectivity index (χ1) is 10.8. The lowest BCUT2D eigenvalue weighted by Gasteiger charge is -2.31. The Morgan fingerprint density at radius 2 is 2.00 bits per heavy atom. The minimum Gasteiger partial charge on any atom is -0.478 e. The third-order valence-corrected chi connectivity index (χ3v) is 5.99. The Bertz CT molecular complexity index is 750. The van der Waals surface area contributed by atoms with Crippen LogP contribution >= 0.6 is 11.3 Å². The summed E-state index contributed by atoms with van der Waals surface area (Å²) in [6.45, 7) is 6.79. The molecule has 2 aromatic heterocycles. The number of aromatic carboxylic acids is 1. The number of carboxylic acids is 1. The molecule has 0 bridgehead atoms. The zero-order valence-electron chi connectivity index (χ0n) is 13.9. The van der Waals surface area contributed by atoms with Crippen molar-refractivity contribution in [1.82, 2.24) is 9.97 Å². The van der Waals surface area contributed by atoms with E-state index in [0.29, 0.717) is 5.95 Å². The lowest BCUT2D eigenvalue weighted by molar-refractivity contribution is 0.0696. The Morgan fingerprint density at radius 1 is 1.35 bits per heavy atom. The van der Waals surface area contributed by atoms with E-state index in [9.17, 15) is 4.79 Å². The van der Waals surface area contributed by atoms with Crippen LogP contribution < -0.4 is 4.90 Å². The van der Waals surface area contributed by atoms with E-state index in [1.54, 1.807) is 0 Å². The molecule has 5 nitrogen and oxygen atoms in total. The molecule has 1 aliphatic carbocycles. The summed E-state index contributed by atoms with van der Waals surface area (Å²) in [5, 5.41) is 10.1. The smallest absolute Gasteiger partial charge is 0.338 e. The second-order valence-electron chi connectivity index (χ2n) is 6.70. The van der Waals surface area contributed by atoms with Crippen molar-refractivity contribution < 1.29 is 9.90 Å². The summed E-state index contributed by atoms with van der Waals surface area (Å²) in [7, 11) is 1.94. The minimum absolute atomic E-state index is 0.102. The normalized spacial score (nSPS) is 16.0. The van der Waals surface area contributed by atoms with Crippen LogP contribution in [0.5, 0.6) is 0 Å². The van der Waals surface area contributed by atoms with Crippen molar-refractivity contribution in [2.24, 2.45) is 0 Å². The number of hydrogen-bond acceptors (Lipinski definition) is 5. The highest BCUT2D eigenvalue weighted by Crippen LogP contribution is 2.47. The SMILES string of the molecule is Cc1c(N(C)c2ncc(C(=O)O)cn2)sc2c1C(C)(C)CCC2. The van der Waals surface area contributed by atoms with Crippen molar-refractivity contribution >= 4 is 28.3 Å². The van der Waals surface area contributed by atoms with Gasteiger partial charge in [-0.05, 0) is 42.7 Å². The third kappa shape index (κ3) is 2.72. The molecular formula is C17H21N3O2S. The van der Waals surface area contributed by atoms with Crippen LogP contribution in [0.1, 0.15) is 53.1 Å². The maximum absolute atomic E-state index is 10.9. The minimum atomic E-state index is -1.01. The Morgan fingerprint density at radius 3 is 2.57 bits per heavy atom. The molecule has 0 unspecified atom stereocenters. The van der Waals surface area contributed by atoms with Crippen LogP contribution in [0.15, 0.2) is 12.4 Å². The summed E-state index contributed by atoms with van der Waals surface area (Å²) in [5.41, 5.74) is 3.08. The van der Waals surface area contributed by atoms with Crippen molar-refractivity contribution in [3.05, 3.63) is 34.0 Å². The molecule has 0 saturated heterocycles. The van der Waals surface area contributed by atoms with Gasteiger partial charge in [0.2, 0.25) is 5.95 Å². The Kier molecular flexibility index (Phi) is 3.88. The van der Waals surface area contributed by atoms with Crippen molar-refractivity contribution in [1.29, 1.82) is 0 Å². The molecule has 3 rings (SSSR count). The van der Waals surface area contributed by atoms with E-state index < -0.39 is 5.97 Å². The molecule has 0 fully saturated rings. The molecule has 1 N–H and O–H groups in total. The van der Waals surface area contributed by atoms with Gasteiger partial charge in [0.05, 0.1) is 5.56 Å². The Balaban J connectivity index is 1.99. The molecule has 6 heteroatoms. The monoisotopic (exact) mass is 331 g/mol. The van der Waals surface area contributed by atoms with Crippen LogP contribution in [0.2, 0.25) is 0 Å². The molecule has 122 valence electrons. The number of fused-ring (bicyclic) bond motifs is 1. The van der Waals surface area contributed by atoms with Gasteiger partial charge < -0.3 is 10.0 Å². The van der Waals surface area contributed by atoms with Gasteiger partial charge in [-0.15, -0.1) is 11.3 Å². The van der Waals surface area contributed by atoms with E-state index >= 15 is 0 Å². The number of rotatable bonds is 3. The Hall–Kier alpha value is -1.95. The largest absolute Gasteiger partial charge is 0.478 e.